The van der Waals surface area contributed by atoms with Gasteiger partial charge in [-0.3, -0.25) is 4.79 Å². The summed E-state index contributed by atoms with van der Waals surface area (Å²) in [6.45, 7) is 1.39. The Hall–Kier alpha value is -3.18. The Labute approximate surface area is 159 Å². The average molecular weight is 360 g/mol. The Bertz CT molecular complexity index is 913. The molecule has 1 aromatic heterocycles. The maximum atomic E-state index is 12.1. The van der Waals surface area contributed by atoms with E-state index in [1.807, 2.05) is 62.8 Å². The lowest BCUT2D eigenvalue weighted by molar-refractivity contribution is -0.116. The van der Waals surface area contributed by atoms with Gasteiger partial charge in [0.15, 0.2) is 0 Å². The molecule has 0 aliphatic heterocycles. The van der Waals surface area contributed by atoms with Crippen LogP contribution in [0.15, 0.2) is 73.1 Å². The molecule has 0 atom stereocenters. The molecule has 5 heteroatoms. The second-order valence-electron chi connectivity index (χ2n) is 6.66. The second kappa shape index (κ2) is 8.96. The van der Waals surface area contributed by atoms with E-state index in [-0.39, 0.29) is 5.91 Å². The lowest BCUT2D eigenvalue weighted by Gasteiger charge is -2.11. The lowest BCUT2D eigenvalue weighted by atomic mass is 10.1. The van der Waals surface area contributed by atoms with Crippen molar-refractivity contribution >= 4 is 12.0 Å². The number of nitrogens with one attached hydrogen (secondary N) is 1. The first-order valence-electron chi connectivity index (χ1n) is 8.89. The molecule has 27 heavy (non-hydrogen) atoms. The highest BCUT2D eigenvalue weighted by atomic mass is 16.1. The summed E-state index contributed by atoms with van der Waals surface area (Å²) in [4.78, 5) is 14.2. The molecule has 3 aromatic rings. The fourth-order valence-electron chi connectivity index (χ4n) is 2.77. The molecule has 138 valence electrons. The molecule has 0 aliphatic carbocycles. The van der Waals surface area contributed by atoms with Gasteiger partial charge in [0.25, 0.3) is 0 Å². The fourth-order valence-corrected chi connectivity index (χ4v) is 2.77. The van der Waals surface area contributed by atoms with Crippen molar-refractivity contribution in [3.8, 4) is 5.69 Å². The fraction of sp³-hybridized carbons (Fsp3) is 0.182. The van der Waals surface area contributed by atoms with Crippen LogP contribution in [0.1, 0.15) is 16.7 Å². The van der Waals surface area contributed by atoms with E-state index in [0.717, 1.165) is 23.4 Å². The first kappa shape index (κ1) is 18.6. The molecule has 0 saturated carbocycles. The van der Waals surface area contributed by atoms with Gasteiger partial charge in [0.1, 0.15) is 0 Å². The number of carbonyl (C=O) groups is 1. The van der Waals surface area contributed by atoms with E-state index < -0.39 is 0 Å². The molecule has 0 saturated heterocycles. The van der Waals surface area contributed by atoms with Gasteiger partial charge in [0, 0.05) is 30.9 Å². The van der Waals surface area contributed by atoms with E-state index in [4.69, 9.17) is 0 Å². The number of para-hydroxylation sites is 1. The number of aromatic nitrogens is 2. The van der Waals surface area contributed by atoms with Crippen LogP contribution in [0, 0.1) is 0 Å². The second-order valence-corrected chi connectivity index (χ2v) is 6.66. The van der Waals surface area contributed by atoms with Crippen LogP contribution in [0.3, 0.4) is 0 Å². The predicted octanol–water partition coefficient (Wildman–Crippen LogP) is 3.26. The van der Waals surface area contributed by atoms with Crippen molar-refractivity contribution in [1.82, 2.24) is 20.0 Å². The SMILES string of the molecule is CN(C)Cc1cccc(CNC(=O)C=Cc2cnn(-c3ccccc3)c2)c1. The van der Waals surface area contributed by atoms with Gasteiger partial charge in [-0.15, -0.1) is 0 Å². The van der Waals surface area contributed by atoms with Crippen LogP contribution in [0.2, 0.25) is 0 Å². The molecule has 0 spiro atoms. The van der Waals surface area contributed by atoms with Gasteiger partial charge in [-0.1, -0.05) is 42.5 Å². The Kier molecular flexibility index (Phi) is 6.18. The molecule has 0 fully saturated rings. The standard InChI is InChI=1S/C22H24N4O/c1-25(2)16-19-8-6-7-18(13-19)14-23-22(27)12-11-20-15-24-26(17-20)21-9-4-3-5-10-21/h3-13,15,17H,14,16H2,1-2H3,(H,23,27). The van der Waals surface area contributed by atoms with E-state index in [0.29, 0.717) is 6.54 Å². The molecule has 1 N–H and O–H groups in total. The Morgan fingerprint density at radius 3 is 2.67 bits per heavy atom. The maximum Gasteiger partial charge on any atom is 0.244 e. The number of rotatable bonds is 7. The third-order valence-electron chi connectivity index (χ3n) is 4.01. The van der Waals surface area contributed by atoms with Crippen LogP contribution in [0.5, 0.6) is 0 Å². The van der Waals surface area contributed by atoms with Crippen molar-refractivity contribution in [2.75, 3.05) is 14.1 Å². The lowest BCUT2D eigenvalue weighted by Crippen LogP contribution is -2.20. The smallest absolute Gasteiger partial charge is 0.244 e. The molecule has 1 amide bonds. The average Bonchev–Trinajstić information content (AvgIpc) is 3.14. The predicted molar refractivity (Wildman–Crippen MR) is 108 cm³/mol. The molecule has 0 bridgehead atoms. The molecular weight excluding hydrogens is 336 g/mol. The third kappa shape index (κ3) is 5.66. The van der Waals surface area contributed by atoms with E-state index in [1.165, 1.54) is 11.6 Å². The highest BCUT2D eigenvalue weighted by Crippen LogP contribution is 2.09. The van der Waals surface area contributed by atoms with Gasteiger partial charge in [-0.25, -0.2) is 4.68 Å². The molecule has 5 nitrogen and oxygen atoms in total. The Morgan fingerprint density at radius 1 is 1.11 bits per heavy atom. The highest BCUT2D eigenvalue weighted by molar-refractivity contribution is 5.91. The van der Waals surface area contributed by atoms with Gasteiger partial charge >= 0.3 is 0 Å². The topological polar surface area (TPSA) is 50.2 Å². The van der Waals surface area contributed by atoms with Crippen molar-refractivity contribution in [2.24, 2.45) is 0 Å². The van der Waals surface area contributed by atoms with E-state index in [9.17, 15) is 4.79 Å². The number of carbonyl (C=O) groups excluding carboxylic acids is 1. The summed E-state index contributed by atoms with van der Waals surface area (Å²) >= 11 is 0. The Balaban J connectivity index is 1.54. The molecule has 2 aromatic carbocycles. The van der Waals surface area contributed by atoms with Crippen molar-refractivity contribution in [3.63, 3.8) is 0 Å². The largest absolute Gasteiger partial charge is 0.348 e. The summed E-state index contributed by atoms with van der Waals surface area (Å²) < 4.78 is 1.79. The van der Waals surface area contributed by atoms with Gasteiger partial charge < -0.3 is 10.2 Å². The van der Waals surface area contributed by atoms with Gasteiger partial charge in [0.2, 0.25) is 5.91 Å². The number of hydrogen-bond donors (Lipinski definition) is 1. The normalized spacial score (nSPS) is 11.2. The number of hydrogen-bond acceptors (Lipinski definition) is 3. The van der Waals surface area contributed by atoms with E-state index >= 15 is 0 Å². The van der Waals surface area contributed by atoms with Crippen LogP contribution < -0.4 is 5.32 Å². The summed E-state index contributed by atoms with van der Waals surface area (Å²) in [5.41, 5.74) is 4.19. The van der Waals surface area contributed by atoms with Crippen LogP contribution in [-0.2, 0) is 17.9 Å². The summed E-state index contributed by atoms with van der Waals surface area (Å²) in [7, 11) is 4.08. The van der Waals surface area contributed by atoms with Gasteiger partial charge in [0.05, 0.1) is 11.9 Å². The summed E-state index contributed by atoms with van der Waals surface area (Å²) in [6.07, 6.45) is 6.94. The van der Waals surface area contributed by atoms with E-state index in [2.05, 4.69) is 27.4 Å². The first-order valence-corrected chi connectivity index (χ1v) is 8.89. The number of benzene rings is 2. The quantitative estimate of drug-likeness (QED) is 0.658. The van der Waals surface area contributed by atoms with Gasteiger partial charge in [-0.05, 0) is 43.4 Å². The summed E-state index contributed by atoms with van der Waals surface area (Å²) in [6, 6.07) is 18.1. The zero-order valence-electron chi connectivity index (χ0n) is 15.7. The molecule has 0 aliphatic rings. The summed E-state index contributed by atoms with van der Waals surface area (Å²) in [5.74, 6) is -0.125. The van der Waals surface area contributed by atoms with Crippen molar-refractivity contribution in [3.05, 3.63) is 89.8 Å². The minimum atomic E-state index is -0.125. The molecule has 1 heterocycles. The number of nitrogens with zero attached hydrogens (tertiary/aromatic N) is 3. The van der Waals surface area contributed by atoms with Crippen molar-refractivity contribution in [1.29, 1.82) is 0 Å². The third-order valence-corrected chi connectivity index (χ3v) is 4.01. The zero-order valence-corrected chi connectivity index (χ0v) is 15.7. The van der Waals surface area contributed by atoms with Crippen LogP contribution in [0.25, 0.3) is 11.8 Å². The number of amides is 1. The monoisotopic (exact) mass is 360 g/mol. The maximum absolute atomic E-state index is 12.1. The zero-order chi connectivity index (χ0) is 19.1. The summed E-state index contributed by atoms with van der Waals surface area (Å²) in [5, 5.41) is 7.24. The molecule has 0 radical (unpaired) electrons. The Morgan fingerprint density at radius 2 is 1.89 bits per heavy atom. The first-order chi connectivity index (χ1) is 13.1. The van der Waals surface area contributed by atoms with Crippen LogP contribution in [-0.4, -0.2) is 34.7 Å². The molecular formula is C22H24N4O. The minimum absolute atomic E-state index is 0.125. The molecule has 3 rings (SSSR count). The van der Waals surface area contributed by atoms with Gasteiger partial charge in [-0.2, -0.15) is 5.10 Å². The van der Waals surface area contributed by atoms with Crippen molar-refractivity contribution < 1.29 is 4.79 Å². The van der Waals surface area contributed by atoms with Crippen LogP contribution >= 0.6 is 0 Å². The molecule has 0 unspecified atom stereocenters. The van der Waals surface area contributed by atoms with E-state index in [1.54, 1.807) is 17.0 Å². The minimum Gasteiger partial charge on any atom is -0.348 e. The van der Waals surface area contributed by atoms with Crippen LogP contribution in [0.4, 0.5) is 0 Å². The highest BCUT2D eigenvalue weighted by Gasteiger charge is 2.01. The van der Waals surface area contributed by atoms with Crippen molar-refractivity contribution in [2.45, 2.75) is 13.1 Å².